The van der Waals surface area contributed by atoms with Gasteiger partial charge >= 0.3 is 12.0 Å². The molecule has 0 aromatic carbocycles. The summed E-state index contributed by atoms with van der Waals surface area (Å²) >= 11 is 0. The zero-order chi connectivity index (χ0) is 12.8. The maximum Gasteiger partial charge on any atom is 0.326 e. The van der Waals surface area contributed by atoms with E-state index in [1.54, 1.807) is 0 Å². The second kappa shape index (κ2) is 6.47. The van der Waals surface area contributed by atoms with Gasteiger partial charge in [0.15, 0.2) is 0 Å². The minimum Gasteiger partial charge on any atom is -0.480 e. The Labute approximate surface area is 102 Å². The van der Waals surface area contributed by atoms with Crippen LogP contribution in [-0.4, -0.2) is 29.7 Å². The summed E-state index contributed by atoms with van der Waals surface area (Å²) in [5.74, 6) is 0.244. The number of hydrogen-bond donors (Lipinski definition) is 3. The Hall–Kier alpha value is -1.26. The molecule has 1 aliphatic carbocycles. The van der Waals surface area contributed by atoms with Crippen LogP contribution in [0.15, 0.2) is 0 Å². The number of nitrogens with one attached hydrogen (secondary N) is 2. The lowest BCUT2D eigenvalue weighted by Crippen LogP contribution is -2.46. The molecule has 0 bridgehead atoms. The Kier molecular flexibility index (Phi) is 5.25. The van der Waals surface area contributed by atoms with Gasteiger partial charge in [0.2, 0.25) is 0 Å². The Morgan fingerprint density at radius 1 is 1.41 bits per heavy atom. The fourth-order valence-corrected chi connectivity index (χ4v) is 1.84. The summed E-state index contributed by atoms with van der Waals surface area (Å²) in [5, 5.41) is 14.1. The molecular weight excluding hydrogens is 220 g/mol. The zero-order valence-corrected chi connectivity index (χ0v) is 10.5. The lowest BCUT2D eigenvalue weighted by molar-refractivity contribution is -0.139. The molecular formula is C12H22N2O3. The molecule has 0 heterocycles. The molecule has 2 unspecified atom stereocenters. The van der Waals surface area contributed by atoms with E-state index in [1.807, 2.05) is 6.92 Å². The Morgan fingerprint density at radius 2 is 2.06 bits per heavy atom. The molecule has 1 saturated carbocycles. The third-order valence-corrected chi connectivity index (χ3v) is 3.19. The molecule has 2 amide bonds. The first-order valence-corrected chi connectivity index (χ1v) is 6.31. The first kappa shape index (κ1) is 13.8. The van der Waals surface area contributed by atoms with E-state index in [-0.39, 0.29) is 6.03 Å². The largest absolute Gasteiger partial charge is 0.480 e. The molecule has 0 radical (unpaired) electrons. The Balaban J connectivity index is 2.23. The van der Waals surface area contributed by atoms with Gasteiger partial charge in [-0.1, -0.05) is 20.3 Å². The van der Waals surface area contributed by atoms with Gasteiger partial charge in [0.05, 0.1) is 0 Å². The highest BCUT2D eigenvalue weighted by atomic mass is 16.4. The number of amides is 2. The van der Waals surface area contributed by atoms with Crippen LogP contribution in [0.3, 0.4) is 0 Å². The first-order valence-electron chi connectivity index (χ1n) is 6.31. The van der Waals surface area contributed by atoms with E-state index in [0.717, 1.165) is 12.3 Å². The zero-order valence-electron chi connectivity index (χ0n) is 10.5. The first-order chi connectivity index (χ1) is 8.04. The molecule has 0 aliphatic heterocycles. The Bertz CT molecular complexity index is 277. The van der Waals surface area contributed by atoms with Gasteiger partial charge in [-0.05, 0) is 31.1 Å². The summed E-state index contributed by atoms with van der Waals surface area (Å²) < 4.78 is 0. The molecule has 5 nitrogen and oxygen atoms in total. The maximum absolute atomic E-state index is 11.5. The number of carboxylic acid groups (broad SMARTS) is 1. The summed E-state index contributed by atoms with van der Waals surface area (Å²) in [6.07, 6.45) is 3.69. The van der Waals surface area contributed by atoms with Crippen LogP contribution >= 0.6 is 0 Å². The van der Waals surface area contributed by atoms with Gasteiger partial charge in [-0.15, -0.1) is 0 Å². The van der Waals surface area contributed by atoms with Crippen molar-refractivity contribution in [2.45, 2.75) is 45.6 Å². The quantitative estimate of drug-likeness (QED) is 0.634. The minimum absolute atomic E-state index is 0.377. The number of rotatable bonds is 7. The van der Waals surface area contributed by atoms with Crippen LogP contribution in [0.1, 0.15) is 39.5 Å². The highest BCUT2D eigenvalue weighted by Gasteiger charge is 2.28. The van der Waals surface area contributed by atoms with Crippen molar-refractivity contribution >= 4 is 12.0 Å². The Morgan fingerprint density at radius 3 is 2.53 bits per heavy atom. The van der Waals surface area contributed by atoms with Crippen molar-refractivity contribution in [3.8, 4) is 0 Å². The van der Waals surface area contributed by atoms with Crippen LogP contribution in [-0.2, 0) is 4.79 Å². The van der Waals surface area contributed by atoms with Crippen molar-refractivity contribution in [3.05, 3.63) is 0 Å². The fraction of sp³-hybridized carbons (Fsp3) is 0.833. The van der Waals surface area contributed by atoms with E-state index in [2.05, 4.69) is 17.6 Å². The smallest absolute Gasteiger partial charge is 0.326 e. The van der Waals surface area contributed by atoms with E-state index in [4.69, 9.17) is 5.11 Å². The number of carbonyl (C=O) groups excluding carboxylic acids is 1. The van der Waals surface area contributed by atoms with E-state index in [0.29, 0.717) is 18.9 Å². The van der Waals surface area contributed by atoms with Gasteiger partial charge in [-0.2, -0.15) is 0 Å². The molecule has 1 aliphatic rings. The van der Waals surface area contributed by atoms with Gasteiger partial charge in [-0.3, -0.25) is 0 Å². The number of aliphatic carboxylic acids is 1. The molecule has 0 aromatic heterocycles. The maximum atomic E-state index is 11.5. The predicted octanol–water partition coefficient (Wildman–Crippen LogP) is 1.59. The van der Waals surface area contributed by atoms with Crippen LogP contribution in [0, 0.1) is 11.8 Å². The highest BCUT2D eigenvalue weighted by Crippen LogP contribution is 2.35. The lowest BCUT2D eigenvalue weighted by atomic mass is 10.1. The molecule has 3 N–H and O–H groups in total. The second-order valence-electron chi connectivity index (χ2n) is 4.85. The summed E-state index contributed by atoms with van der Waals surface area (Å²) in [4.78, 5) is 22.3. The van der Waals surface area contributed by atoms with Crippen molar-refractivity contribution in [2.24, 2.45) is 11.8 Å². The topological polar surface area (TPSA) is 78.4 Å². The molecule has 1 fully saturated rings. The number of urea groups is 1. The number of hydrogen-bond acceptors (Lipinski definition) is 2. The van der Waals surface area contributed by atoms with E-state index < -0.39 is 12.0 Å². The molecule has 0 spiro atoms. The van der Waals surface area contributed by atoms with Crippen LogP contribution < -0.4 is 10.6 Å². The van der Waals surface area contributed by atoms with E-state index in [1.165, 1.54) is 12.8 Å². The van der Waals surface area contributed by atoms with Crippen molar-refractivity contribution in [1.29, 1.82) is 0 Å². The van der Waals surface area contributed by atoms with Gasteiger partial charge < -0.3 is 15.7 Å². The monoisotopic (exact) mass is 242 g/mol. The predicted molar refractivity (Wildman–Crippen MR) is 64.8 cm³/mol. The van der Waals surface area contributed by atoms with Crippen LogP contribution in [0.25, 0.3) is 0 Å². The average Bonchev–Trinajstić information content (AvgIpc) is 3.08. The van der Waals surface area contributed by atoms with Gasteiger partial charge in [-0.25, -0.2) is 9.59 Å². The standard InChI is InChI=1S/C12H22N2O3/c1-3-4-10(11(15)16)14-12(17)13-7-8(2)9-5-6-9/h8-10H,3-7H2,1-2H3,(H,15,16)(H2,13,14,17). The van der Waals surface area contributed by atoms with Crippen LogP contribution in [0.2, 0.25) is 0 Å². The molecule has 98 valence electrons. The molecule has 1 rings (SSSR count). The summed E-state index contributed by atoms with van der Waals surface area (Å²) in [5.41, 5.74) is 0. The summed E-state index contributed by atoms with van der Waals surface area (Å²) in [7, 11) is 0. The fourth-order valence-electron chi connectivity index (χ4n) is 1.84. The number of carbonyl (C=O) groups is 2. The second-order valence-corrected chi connectivity index (χ2v) is 4.85. The van der Waals surface area contributed by atoms with Crippen LogP contribution in [0.5, 0.6) is 0 Å². The molecule has 2 atom stereocenters. The van der Waals surface area contributed by atoms with E-state index >= 15 is 0 Å². The summed E-state index contributed by atoms with van der Waals surface area (Å²) in [6, 6.07) is -1.16. The van der Waals surface area contributed by atoms with Gasteiger partial charge in [0.1, 0.15) is 6.04 Å². The van der Waals surface area contributed by atoms with E-state index in [9.17, 15) is 9.59 Å². The number of carboxylic acids is 1. The minimum atomic E-state index is -0.975. The molecule has 0 aromatic rings. The molecule has 17 heavy (non-hydrogen) atoms. The molecule has 0 saturated heterocycles. The van der Waals surface area contributed by atoms with Crippen molar-refractivity contribution in [1.82, 2.24) is 10.6 Å². The third-order valence-electron chi connectivity index (χ3n) is 3.19. The third kappa shape index (κ3) is 5.06. The highest BCUT2D eigenvalue weighted by molar-refractivity contribution is 5.82. The normalized spacial score (nSPS) is 18.2. The SMILES string of the molecule is CCCC(NC(=O)NCC(C)C1CC1)C(=O)O. The van der Waals surface area contributed by atoms with Crippen LogP contribution in [0.4, 0.5) is 4.79 Å². The lowest BCUT2D eigenvalue weighted by Gasteiger charge is -2.16. The van der Waals surface area contributed by atoms with Gasteiger partial charge in [0.25, 0.3) is 0 Å². The molecule has 5 heteroatoms. The van der Waals surface area contributed by atoms with Crippen molar-refractivity contribution < 1.29 is 14.7 Å². The van der Waals surface area contributed by atoms with Crippen molar-refractivity contribution in [2.75, 3.05) is 6.54 Å². The van der Waals surface area contributed by atoms with Crippen molar-refractivity contribution in [3.63, 3.8) is 0 Å². The average molecular weight is 242 g/mol. The van der Waals surface area contributed by atoms with Gasteiger partial charge in [0, 0.05) is 6.54 Å². The summed E-state index contributed by atoms with van der Waals surface area (Å²) in [6.45, 7) is 4.62.